The van der Waals surface area contributed by atoms with Crippen LogP contribution in [0.15, 0.2) is 24.5 Å². The molecule has 0 unspecified atom stereocenters. The fraction of sp³-hybridized carbons (Fsp3) is 0.444. The van der Waals surface area contributed by atoms with Crippen molar-refractivity contribution in [3.63, 3.8) is 0 Å². The van der Waals surface area contributed by atoms with Gasteiger partial charge in [-0.3, -0.25) is 4.98 Å². The van der Waals surface area contributed by atoms with Crippen molar-refractivity contribution < 1.29 is 0 Å². The molecule has 0 aliphatic heterocycles. The molecule has 0 radical (unpaired) electrons. The number of pyridine rings is 1. The zero-order valence-electron chi connectivity index (χ0n) is 7.23. The van der Waals surface area contributed by atoms with Crippen LogP contribution in [-0.2, 0) is 0 Å². The molecule has 0 bridgehead atoms. The minimum Gasteiger partial charge on any atom is -0.324 e. The maximum absolute atomic E-state index is 5.87. The molecule has 0 spiro atoms. The van der Waals surface area contributed by atoms with E-state index < -0.39 is 0 Å². The highest BCUT2D eigenvalue weighted by Gasteiger charge is 2.02. The molecule has 0 aromatic carbocycles. The van der Waals surface area contributed by atoms with Gasteiger partial charge in [-0.15, -0.1) is 12.4 Å². The summed E-state index contributed by atoms with van der Waals surface area (Å²) in [5, 5.41) is 0. The molecule has 0 fully saturated rings. The number of hydrogen-bond acceptors (Lipinski definition) is 2. The van der Waals surface area contributed by atoms with Crippen LogP contribution in [0.1, 0.15) is 31.4 Å². The van der Waals surface area contributed by atoms with E-state index >= 15 is 0 Å². The van der Waals surface area contributed by atoms with Crippen LogP contribution in [0.25, 0.3) is 0 Å². The third-order valence-corrected chi connectivity index (χ3v) is 1.71. The van der Waals surface area contributed by atoms with Gasteiger partial charge in [-0.25, -0.2) is 0 Å². The highest BCUT2D eigenvalue weighted by Crippen LogP contribution is 2.12. The minimum atomic E-state index is 0. The molecule has 1 aromatic heterocycles. The van der Waals surface area contributed by atoms with Crippen LogP contribution in [0, 0.1) is 0 Å². The smallest absolute Gasteiger partial charge is 0.0315 e. The van der Waals surface area contributed by atoms with Crippen LogP contribution in [0.5, 0.6) is 0 Å². The third-order valence-electron chi connectivity index (χ3n) is 1.71. The van der Waals surface area contributed by atoms with Gasteiger partial charge in [0.2, 0.25) is 0 Å². The van der Waals surface area contributed by atoms with Gasteiger partial charge >= 0.3 is 0 Å². The van der Waals surface area contributed by atoms with Crippen LogP contribution in [0.2, 0.25) is 0 Å². The van der Waals surface area contributed by atoms with Crippen LogP contribution < -0.4 is 5.73 Å². The van der Waals surface area contributed by atoms with Gasteiger partial charge in [0, 0.05) is 18.4 Å². The van der Waals surface area contributed by atoms with E-state index in [0.717, 1.165) is 18.4 Å². The number of rotatable bonds is 3. The van der Waals surface area contributed by atoms with E-state index in [9.17, 15) is 0 Å². The molecule has 1 atom stereocenters. The van der Waals surface area contributed by atoms with Crippen molar-refractivity contribution in [3.05, 3.63) is 30.1 Å². The Bertz CT molecular complexity index is 201. The van der Waals surface area contributed by atoms with Crippen LogP contribution >= 0.6 is 12.4 Å². The van der Waals surface area contributed by atoms with E-state index in [1.807, 2.05) is 18.3 Å². The van der Waals surface area contributed by atoms with E-state index in [1.54, 1.807) is 6.20 Å². The first-order chi connectivity index (χ1) is 5.34. The van der Waals surface area contributed by atoms with Gasteiger partial charge in [-0.05, 0) is 18.1 Å². The monoisotopic (exact) mass is 186 g/mol. The average molecular weight is 187 g/mol. The fourth-order valence-electron chi connectivity index (χ4n) is 1.07. The van der Waals surface area contributed by atoms with Crippen molar-refractivity contribution in [2.24, 2.45) is 5.73 Å². The number of nitrogens with two attached hydrogens (primary N) is 1. The van der Waals surface area contributed by atoms with Gasteiger partial charge < -0.3 is 5.73 Å². The summed E-state index contributed by atoms with van der Waals surface area (Å²) in [4.78, 5) is 4.01. The summed E-state index contributed by atoms with van der Waals surface area (Å²) in [5.41, 5.74) is 7.00. The molecular weight excluding hydrogens is 172 g/mol. The topological polar surface area (TPSA) is 38.9 Å². The summed E-state index contributed by atoms with van der Waals surface area (Å²) < 4.78 is 0. The van der Waals surface area contributed by atoms with Crippen molar-refractivity contribution in [2.45, 2.75) is 25.8 Å². The van der Waals surface area contributed by atoms with Crippen LogP contribution in [-0.4, -0.2) is 4.98 Å². The molecule has 0 amide bonds. The summed E-state index contributed by atoms with van der Waals surface area (Å²) in [6.45, 7) is 2.14. The molecule has 3 heteroatoms. The van der Waals surface area contributed by atoms with Crippen molar-refractivity contribution in [1.29, 1.82) is 0 Å². The minimum absolute atomic E-state index is 0. The second kappa shape index (κ2) is 5.98. The first-order valence-corrected chi connectivity index (χ1v) is 4.00. The molecule has 0 aliphatic rings. The molecular formula is C9H15ClN2. The summed E-state index contributed by atoms with van der Waals surface area (Å²) in [7, 11) is 0. The molecule has 0 saturated heterocycles. The number of nitrogens with zero attached hydrogens (tertiary/aromatic N) is 1. The lowest BCUT2D eigenvalue weighted by molar-refractivity contribution is 0.636. The predicted octanol–water partition coefficient (Wildman–Crippen LogP) is 2.30. The molecule has 2 nitrogen and oxygen atoms in total. The second-order valence-electron chi connectivity index (χ2n) is 2.68. The first-order valence-electron chi connectivity index (χ1n) is 4.00. The van der Waals surface area contributed by atoms with Crippen LogP contribution in [0.4, 0.5) is 0 Å². The average Bonchev–Trinajstić information content (AvgIpc) is 2.07. The molecule has 12 heavy (non-hydrogen) atoms. The summed E-state index contributed by atoms with van der Waals surface area (Å²) >= 11 is 0. The molecule has 2 N–H and O–H groups in total. The zero-order chi connectivity index (χ0) is 8.10. The Labute approximate surface area is 79.6 Å². The van der Waals surface area contributed by atoms with Crippen molar-refractivity contribution in [1.82, 2.24) is 4.98 Å². The van der Waals surface area contributed by atoms with Crippen LogP contribution in [0.3, 0.4) is 0 Å². The Balaban J connectivity index is 0.00000121. The van der Waals surface area contributed by atoms with Gasteiger partial charge in [0.05, 0.1) is 0 Å². The van der Waals surface area contributed by atoms with E-state index in [-0.39, 0.29) is 18.4 Å². The quantitative estimate of drug-likeness (QED) is 0.787. The maximum Gasteiger partial charge on any atom is 0.0315 e. The Morgan fingerprint density at radius 3 is 2.83 bits per heavy atom. The largest absolute Gasteiger partial charge is 0.324 e. The molecule has 0 saturated carbocycles. The van der Waals surface area contributed by atoms with E-state index in [1.165, 1.54) is 0 Å². The fourth-order valence-corrected chi connectivity index (χ4v) is 1.07. The summed E-state index contributed by atoms with van der Waals surface area (Å²) in [6.07, 6.45) is 5.75. The van der Waals surface area contributed by atoms with E-state index in [2.05, 4.69) is 11.9 Å². The Morgan fingerprint density at radius 2 is 2.33 bits per heavy atom. The lowest BCUT2D eigenvalue weighted by Crippen LogP contribution is -2.09. The molecule has 1 rings (SSSR count). The van der Waals surface area contributed by atoms with Gasteiger partial charge in [0.25, 0.3) is 0 Å². The highest BCUT2D eigenvalue weighted by molar-refractivity contribution is 5.85. The molecule has 1 aromatic rings. The number of hydrogen-bond donors (Lipinski definition) is 1. The summed E-state index contributed by atoms with van der Waals surface area (Å²) in [5.74, 6) is 0. The molecule has 0 aliphatic carbocycles. The zero-order valence-corrected chi connectivity index (χ0v) is 8.05. The first kappa shape index (κ1) is 11.4. The van der Waals surface area contributed by atoms with E-state index in [0.29, 0.717) is 0 Å². The lowest BCUT2D eigenvalue weighted by atomic mass is 10.1. The van der Waals surface area contributed by atoms with Crippen molar-refractivity contribution >= 4 is 12.4 Å². The maximum atomic E-state index is 5.87. The highest BCUT2D eigenvalue weighted by atomic mass is 35.5. The number of aromatic nitrogens is 1. The number of halogens is 1. The third kappa shape index (κ3) is 3.20. The lowest BCUT2D eigenvalue weighted by Gasteiger charge is -2.08. The van der Waals surface area contributed by atoms with Crippen molar-refractivity contribution in [3.8, 4) is 0 Å². The predicted molar refractivity (Wildman–Crippen MR) is 53.3 cm³/mol. The molecule has 1 heterocycles. The SMILES string of the molecule is CCC[C@@H](N)c1cccnc1.Cl. The Morgan fingerprint density at radius 1 is 1.58 bits per heavy atom. The van der Waals surface area contributed by atoms with Crippen molar-refractivity contribution in [2.75, 3.05) is 0 Å². The van der Waals surface area contributed by atoms with Gasteiger partial charge in [-0.2, -0.15) is 0 Å². The Kier molecular flexibility index (Phi) is 5.68. The Hall–Kier alpha value is -0.600. The summed E-state index contributed by atoms with van der Waals surface area (Å²) in [6, 6.07) is 4.10. The normalized spacial score (nSPS) is 11.8. The van der Waals surface area contributed by atoms with Gasteiger partial charge in [-0.1, -0.05) is 19.4 Å². The standard InChI is InChI=1S/C9H14N2.ClH/c1-2-4-9(10)8-5-3-6-11-7-8;/h3,5-7,9H,2,4,10H2,1H3;1H/t9-;/m1./s1. The van der Waals surface area contributed by atoms with Gasteiger partial charge in [0.15, 0.2) is 0 Å². The second-order valence-corrected chi connectivity index (χ2v) is 2.68. The van der Waals surface area contributed by atoms with E-state index in [4.69, 9.17) is 5.73 Å². The molecule has 68 valence electrons. The van der Waals surface area contributed by atoms with Gasteiger partial charge in [0.1, 0.15) is 0 Å².